The Morgan fingerprint density at radius 3 is 2.90 bits per heavy atom. The molecular weight excluding hydrogens is 289 g/mol. The molecular formula is C17H17ClFNO. The second kappa shape index (κ2) is 6.04. The van der Waals surface area contributed by atoms with Gasteiger partial charge in [0.05, 0.1) is 5.02 Å². The van der Waals surface area contributed by atoms with Gasteiger partial charge in [-0.2, -0.15) is 0 Å². The van der Waals surface area contributed by atoms with Crippen molar-refractivity contribution in [2.45, 2.75) is 25.5 Å². The summed E-state index contributed by atoms with van der Waals surface area (Å²) >= 11 is 5.82. The van der Waals surface area contributed by atoms with Crippen molar-refractivity contribution in [1.29, 1.82) is 0 Å². The summed E-state index contributed by atoms with van der Waals surface area (Å²) in [6.45, 7) is 2.77. The summed E-state index contributed by atoms with van der Waals surface area (Å²) in [5.41, 5.74) is 2.22. The van der Waals surface area contributed by atoms with Crippen LogP contribution in [0.3, 0.4) is 0 Å². The van der Waals surface area contributed by atoms with Gasteiger partial charge in [-0.25, -0.2) is 4.39 Å². The second-order valence-corrected chi connectivity index (χ2v) is 5.76. The number of para-hydroxylation sites is 1. The molecule has 2 unspecified atom stereocenters. The Morgan fingerprint density at radius 1 is 1.33 bits per heavy atom. The lowest BCUT2D eigenvalue weighted by molar-refractivity contribution is 0.222. The van der Waals surface area contributed by atoms with E-state index in [0.29, 0.717) is 0 Å². The third-order valence-corrected chi connectivity index (χ3v) is 4.10. The molecule has 2 aromatic carbocycles. The third kappa shape index (κ3) is 3.20. The van der Waals surface area contributed by atoms with E-state index in [1.54, 1.807) is 12.1 Å². The molecule has 2 atom stereocenters. The highest BCUT2D eigenvalue weighted by atomic mass is 35.5. The van der Waals surface area contributed by atoms with E-state index in [0.717, 1.165) is 24.3 Å². The molecule has 0 aromatic heterocycles. The third-order valence-electron chi connectivity index (χ3n) is 3.81. The molecule has 0 bridgehead atoms. The van der Waals surface area contributed by atoms with E-state index in [4.69, 9.17) is 16.3 Å². The predicted octanol–water partition coefficient (Wildman–Crippen LogP) is 4.13. The van der Waals surface area contributed by atoms with E-state index in [1.165, 1.54) is 11.6 Å². The van der Waals surface area contributed by atoms with E-state index >= 15 is 0 Å². The van der Waals surface area contributed by atoms with Crippen LogP contribution in [0.25, 0.3) is 0 Å². The highest BCUT2D eigenvalue weighted by Gasteiger charge is 2.22. The maximum atomic E-state index is 13.2. The second-order valence-electron chi connectivity index (χ2n) is 5.36. The fourth-order valence-corrected chi connectivity index (χ4v) is 2.76. The zero-order valence-corrected chi connectivity index (χ0v) is 12.5. The van der Waals surface area contributed by atoms with Gasteiger partial charge in [-0.1, -0.05) is 35.9 Å². The van der Waals surface area contributed by atoms with Crippen LogP contribution in [0.1, 0.15) is 24.1 Å². The molecule has 0 saturated heterocycles. The maximum Gasteiger partial charge on any atom is 0.141 e. The summed E-state index contributed by atoms with van der Waals surface area (Å²) in [6, 6.07) is 13.0. The molecule has 21 heavy (non-hydrogen) atoms. The Kier molecular flexibility index (Phi) is 4.13. The van der Waals surface area contributed by atoms with Crippen molar-refractivity contribution in [2.75, 3.05) is 6.54 Å². The lowest BCUT2D eigenvalue weighted by Gasteiger charge is -2.18. The average Bonchev–Trinajstić information content (AvgIpc) is 2.90. The van der Waals surface area contributed by atoms with Gasteiger partial charge in [0.1, 0.15) is 17.7 Å². The van der Waals surface area contributed by atoms with Crippen LogP contribution < -0.4 is 10.1 Å². The Labute approximate surface area is 128 Å². The normalized spacial score (nSPS) is 18.1. The maximum absolute atomic E-state index is 13.2. The van der Waals surface area contributed by atoms with Crippen LogP contribution in [-0.4, -0.2) is 12.6 Å². The average molecular weight is 306 g/mol. The zero-order chi connectivity index (χ0) is 14.8. The first-order valence-corrected chi connectivity index (χ1v) is 7.44. The number of halogens is 2. The van der Waals surface area contributed by atoms with Gasteiger partial charge in [-0.15, -0.1) is 0 Å². The molecule has 0 aliphatic carbocycles. The Hall–Kier alpha value is -1.58. The molecule has 2 nitrogen and oxygen atoms in total. The molecule has 0 saturated carbocycles. The van der Waals surface area contributed by atoms with Crippen LogP contribution in [0, 0.1) is 5.82 Å². The lowest BCUT2D eigenvalue weighted by atomic mass is 10.1. The van der Waals surface area contributed by atoms with Crippen molar-refractivity contribution < 1.29 is 9.13 Å². The van der Waals surface area contributed by atoms with E-state index in [-0.39, 0.29) is 23.0 Å². The summed E-state index contributed by atoms with van der Waals surface area (Å²) in [5, 5.41) is 3.57. The highest BCUT2D eigenvalue weighted by Crippen LogP contribution is 2.28. The van der Waals surface area contributed by atoms with Gasteiger partial charge in [0.2, 0.25) is 0 Å². The number of hydrogen-bond acceptors (Lipinski definition) is 2. The summed E-state index contributed by atoms with van der Waals surface area (Å²) in [5.74, 6) is 0.587. The molecule has 2 aromatic rings. The first kappa shape index (κ1) is 14.4. The van der Waals surface area contributed by atoms with Crippen molar-refractivity contribution in [2.24, 2.45) is 0 Å². The Morgan fingerprint density at radius 2 is 2.14 bits per heavy atom. The van der Waals surface area contributed by atoms with Gasteiger partial charge < -0.3 is 10.1 Å². The van der Waals surface area contributed by atoms with Gasteiger partial charge in [0, 0.05) is 19.0 Å². The number of hydrogen-bond donors (Lipinski definition) is 1. The molecule has 1 heterocycles. The fraction of sp³-hybridized carbons (Fsp3) is 0.294. The first-order valence-electron chi connectivity index (χ1n) is 7.06. The van der Waals surface area contributed by atoms with Crippen molar-refractivity contribution in [3.05, 3.63) is 64.4 Å². The molecule has 0 fully saturated rings. The van der Waals surface area contributed by atoms with Crippen LogP contribution in [0.15, 0.2) is 42.5 Å². The molecule has 3 rings (SSSR count). The van der Waals surface area contributed by atoms with E-state index < -0.39 is 0 Å². The summed E-state index contributed by atoms with van der Waals surface area (Å²) < 4.78 is 19.1. The molecule has 0 amide bonds. The Bertz CT molecular complexity index is 621. The fourth-order valence-electron chi connectivity index (χ4n) is 2.58. The predicted molar refractivity (Wildman–Crippen MR) is 82.4 cm³/mol. The smallest absolute Gasteiger partial charge is 0.141 e. The quantitative estimate of drug-likeness (QED) is 0.917. The van der Waals surface area contributed by atoms with E-state index in [1.807, 2.05) is 25.1 Å². The van der Waals surface area contributed by atoms with Crippen molar-refractivity contribution in [3.8, 4) is 5.75 Å². The largest absolute Gasteiger partial charge is 0.488 e. The van der Waals surface area contributed by atoms with Crippen molar-refractivity contribution >= 4 is 11.6 Å². The monoisotopic (exact) mass is 305 g/mol. The summed E-state index contributed by atoms with van der Waals surface area (Å²) in [6.07, 6.45) is 1.06. The van der Waals surface area contributed by atoms with Crippen molar-refractivity contribution in [3.63, 3.8) is 0 Å². The van der Waals surface area contributed by atoms with Crippen LogP contribution in [-0.2, 0) is 6.42 Å². The summed E-state index contributed by atoms with van der Waals surface area (Å²) in [4.78, 5) is 0. The van der Waals surface area contributed by atoms with Gasteiger partial charge in [-0.3, -0.25) is 0 Å². The first-order chi connectivity index (χ1) is 10.1. The number of benzene rings is 2. The van der Waals surface area contributed by atoms with Crippen LogP contribution >= 0.6 is 11.6 Å². The number of fused-ring (bicyclic) bond motifs is 1. The number of ether oxygens (including phenoxy) is 1. The van der Waals surface area contributed by atoms with Gasteiger partial charge in [0.25, 0.3) is 0 Å². The number of nitrogens with one attached hydrogen (secondary N) is 1. The van der Waals surface area contributed by atoms with Crippen LogP contribution in [0.5, 0.6) is 5.75 Å². The minimum absolute atomic E-state index is 0.0930. The van der Waals surface area contributed by atoms with E-state index in [2.05, 4.69) is 11.4 Å². The molecule has 4 heteroatoms. The molecule has 1 aliphatic rings. The SMILES string of the molecule is CC(NCC1Cc2ccccc2O1)c1ccc(F)c(Cl)c1. The molecule has 1 aliphatic heterocycles. The molecule has 0 radical (unpaired) electrons. The summed E-state index contributed by atoms with van der Waals surface area (Å²) in [7, 11) is 0. The Balaban J connectivity index is 1.57. The van der Waals surface area contributed by atoms with Crippen LogP contribution in [0.2, 0.25) is 5.02 Å². The van der Waals surface area contributed by atoms with Gasteiger partial charge in [-0.05, 0) is 36.2 Å². The lowest BCUT2D eigenvalue weighted by Crippen LogP contribution is -2.31. The number of rotatable bonds is 4. The highest BCUT2D eigenvalue weighted by molar-refractivity contribution is 6.30. The van der Waals surface area contributed by atoms with Crippen molar-refractivity contribution in [1.82, 2.24) is 5.32 Å². The zero-order valence-electron chi connectivity index (χ0n) is 11.8. The minimum Gasteiger partial charge on any atom is -0.488 e. The molecule has 1 N–H and O–H groups in total. The van der Waals surface area contributed by atoms with Gasteiger partial charge in [0.15, 0.2) is 0 Å². The van der Waals surface area contributed by atoms with Crippen LogP contribution in [0.4, 0.5) is 4.39 Å². The minimum atomic E-state index is -0.387. The topological polar surface area (TPSA) is 21.3 Å². The molecule has 0 spiro atoms. The van der Waals surface area contributed by atoms with Gasteiger partial charge >= 0.3 is 0 Å². The standard InChI is InChI=1S/C17H17ClFNO/c1-11(12-6-7-16(19)15(18)9-12)20-10-14-8-13-4-2-3-5-17(13)21-14/h2-7,9,11,14,20H,8,10H2,1H3. The molecule has 110 valence electrons. The van der Waals surface area contributed by atoms with E-state index in [9.17, 15) is 4.39 Å².